The maximum absolute atomic E-state index is 11.9. The van der Waals surface area contributed by atoms with Crippen LogP contribution in [0, 0.1) is 0 Å². The lowest BCUT2D eigenvalue weighted by Gasteiger charge is -2.08. The summed E-state index contributed by atoms with van der Waals surface area (Å²) in [5.74, 6) is 0.347. The number of rotatable bonds is 6. The zero-order chi connectivity index (χ0) is 19.1. The second-order valence-electron chi connectivity index (χ2n) is 5.57. The summed E-state index contributed by atoms with van der Waals surface area (Å²) in [6.07, 6.45) is 0. The molecule has 0 heterocycles. The molecule has 0 aliphatic rings. The van der Waals surface area contributed by atoms with E-state index in [1.807, 2.05) is 30.3 Å². The molecule has 0 saturated heterocycles. The van der Waals surface area contributed by atoms with Crippen LogP contribution in [0.3, 0.4) is 0 Å². The molecule has 0 unspecified atom stereocenters. The van der Waals surface area contributed by atoms with Gasteiger partial charge >= 0.3 is 5.97 Å². The number of amides is 1. The van der Waals surface area contributed by atoms with E-state index in [0.717, 1.165) is 5.75 Å². The van der Waals surface area contributed by atoms with Gasteiger partial charge in [-0.3, -0.25) is 4.79 Å². The Bertz CT molecular complexity index is 909. The minimum atomic E-state index is -0.589. The van der Waals surface area contributed by atoms with E-state index in [9.17, 15) is 9.59 Å². The first-order chi connectivity index (χ1) is 13.1. The normalized spacial score (nSPS) is 10.1. The van der Waals surface area contributed by atoms with Crippen molar-refractivity contribution in [2.75, 3.05) is 11.9 Å². The van der Waals surface area contributed by atoms with Gasteiger partial charge in [0.15, 0.2) is 6.61 Å². The minimum Gasteiger partial charge on any atom is -0.457 e. The van der Waals surface area contributed by atoms with Crippen molar-refractivity contribution in [3.05, 3.63) is 89.4 Å². The first-order valence-electron chi connectivity index (χ1n) is 8.16. The molecule has 0 bridgehead atoms. The molecular weight excluding hydrogens is 366 g/mol. The van der Waals surface area contributed by atoms with Gasteiger partial charge in [0.05, 0.1) is 5.56 Å². The van der Waals surface area contributed by atoms with Crippen molar-refractivity contribution in [1.29, 1.82) is 0 Å². The van der Waals surface area contributed by atoms with E-state index in [1.54, 1.807) is 36.4 Å². The summed E-state index contributed by atoms with van der Waals surface area (Å²) in [7, 11) is 0. The van der Waals surface area contributed by atoms with Gasteiger partial charge in [0.1, 0.15) is 11.5 Å². The van der Waals surface area contributed by atoms with Crippen molar-refractivity contribution in [1.82, 2.24) is 0 Å². The standard InChI is InChI=1S/C21H16ClNO4/c22-16-8-6-15(7-9-16)21(25)26-14-20(24)23-17-10-12-19(13-11-17)27-18-4-2-1-3-5-18/h1-13H,14H2,(H,23,24). The van der Waals surface area contributed by atoms with Crippen LogP contribution in [0.4, 0.5) is 5.69 Å². The van der Waals surface area contributed by atoms with Crippen LogP contribution in [-0.2, 0) is 9.53 Å². The smallest absolute Gasteiger partial charge is 0.338 e. The first kappa shape index (κ1) is 18.5. The summed E-state index contributed by atoms with van der Waals surface area (Å²) >= 11 is 5.77. The van der Waals surface area contributed by atoms with Crippen molar-refractivity contribution >= 4 is 29.2 Å². The van der Waals surface area contributed by atoms with Gasteiger partial charge < -0.3 is 14.8 Å². The number of carbonyl (C=O) groups is 2. The van der Waals surface area contributed by atoms with E-state index < -0.39 is 11.9 Å². The predicted octanol–water partition coefficient (Wildman–Crippen LogP) is 4.93. The third-order valence-corrected chi connectivity index (χ3v) is 3.78. The maximum Gasteiger partial charge on any atom is 0.338 e. The molecule has 0 spiro atoms. The van der Waals surface area contributed by atoms with Gasteiger partial charge in [-0.05, 0) is 60.7 Å². The van der Waals surface area contributed by atoms with Gasteiger partial charge in [0.25, 0.3) is 5.91 Å². The maximum atomic E-state index is 11.9. The van der Waals surface area contributed by atoms with Crippen LogP contribution in [0.5, 0.6) is 11.5 Å². The molecular formula is C21H16ClNO4. The van der Waals surface area contributed by atoms with Gasteiger partial charge in [-0.1, -0.05) is 29.8 Å². The Morgan fingerprint density at radius 1 is 0.815 bits per heavy atom. The number of esters is 1. The van der Waals surface area contributed by atoms with Crippen LogP contribution in [-0.4, -0.2) is 18.5 Å². The molecule has 0 radical (unpaired) electrons. The van der Waals surface area contributed by atoms with Gasteiger partial charge in [-0.2, -0.15) is 0 Å². The summed E-state index contributed by atoms with van der Waals surface area (Å²) in [4.78, 5) is 23.8. The molecule has 3 rings (SSSR count). The second kappa shape index (κ2) is 8.87. The highest BCUT2D eigenvalue weighted by Gasteiger charge is 2.10. The molecule has 0 atom stereocenters. The fraction of sp³-hybridized carbons (Fsp3) is 0.0476. The van der Waals surface area contributed by atoms with E-state index >= 15 is 0 Å². The number of nitrogens with one attached hydrogen (secondary N) is 1. The van der Waals surface area contributed by atoms with Crippen LogP contribution in [0.15, 0.2) is 78.9 Å². The summed E-state index contributed by atoms with van der Waals surface area (Å²) < 4.78 is 10.7. The molecule has 5 nitrogen and oxygen atoms in total. The largest absolute Gasteiger partial charge is 0.457 e. The fourth-order valence-corrected chi connectivity index (χ4v) is 2.35. The number of para-hydroxylation sites is 1. The summed E-state index contributed by atoms with van der Waals surface area (Å²) in [5, 5.41) is 3.17. The Morgan fingerprint density at radius 2 is 1.44 bits per heavy atom. The molecule has 0 saturated carbocycles. The Morgan fingerprint density at radius 3 is 2.11 bits per heavy atom. The summed E-state index contributed by atoms with van der Waals surface area (Å²) in [5.41, 5.74) is 0.901. The highest BCUT2D eigenvalue weighted by Crippen LogP contribution is 2.22. The van der Waals surface area contributed by atoms with E-state index in [1.165, 1.54) is 12.1 Å². The van der Waals surface area contributed by atoms with Crippen LogP contribution in [0.25, 0.3) is 0 Å². The van der Waals surface area contributed by atoms with Gasteiger partial charge in [0.2, 0.25) is 0 Å². The van der Waals surface area contributed by atoms with E-state index in [2.05, 4.69) is 5.32 Å². The van der Waals surface area contributed by atoms with Gasteiger partial charge in [-0.15, -0.1) is 0 Å². The molecule has 0 aromatic heterocycles. The number of anilines is 1. The van der Waals surface area contributed by atoms with Crippen LogP contribution >= 0.6 is 11.6 Å². The molecule has 1 amide bonds. The van der Waals surface area contributed by atoms with Crippen molar-refractivity contribution in [3.8, 4) is 11.5 Å². The molecule has 136 valence electrons. The van der Waals surface area contributed by atoms with Crippen molar-refractivity contribution in [2.45, 2.75) is 0 Å². The average molecular weight is 382 g/mol. The van der Waals surface area contributed by atoms with E-state index in [-0.39, 0.29) is 6.61 Å². The van der Waals surface area contributed by atoms with Crippen molar-refractivity contribution in [3.63, 3.8) is 0 Å². The molecule has 1 N–H and O–H groups in total. The number of carbonyl (C=O) groups excluding carboxylic acids is 2. The number of halogens is 1. The summed E-state index contributed by atoms with van der Waals surface area (Å²) in [6, 6.07) is 22.5. The lowest BCUT2D eigenvalue weighted by atomic mass is 10.2. The molecule has 3 aromatic carbocycles. The Hall–Kier alpha value is -3.31. The highest BCUT2D eigenvalue weighted by atomic mass is 35.5. The molecule has 0 aliphatic carbocycles. The fourth-order valence-electron chi connectivity index (χ4n) is 2.23. The predicted molar refractivity (Wildman–Crippen MR) is 103 cm³/mol. The van der Waals surface area contributed by atoms with Crippen molar-refractivity contribution in [2.24, 2.45) is 0 Å². The van der Waals surface area contributed by atoms with Crippen molar-refractivity contribution < 1.29 is 19.1 Å². The van der Waals surface area contributed by atoms with E-state index in [4.69, 9.17) is 21.1 Å². The third-order valence-electron chi connectivity index (χ3n) is 3.53. The average Bonchev–Trinajstić information content (AvgIpc) is 2.69. The van der Waals surface area contributed by atoms with Crippen LogP contribution in [0.1, 0.15) is 10.4 Å². The van der Waals surface area contributed by atoms with Gasteiger partial charge in [-0.25, -0.2) is 4.79 Å². The first-order valence-corrected chi connectivity index (χ1v) is 8.53. The monoisotopic (exact) mass is 381 g/mol. The molecule has 0 aliphatic heterocycles. The Kier molecular flexibility index (Phi) is 6.07. The molecule has 6 heteroatoms. The summed E-state index contributed by atoms with van der Waals surface area (Å²) in [6.45, 7) is -0.385. The number of ether oxygens (including phenoxy) is 2. The molecule has 27 heavy (non-hydrogen) atoms. The quantitative estimate of drug-likeness (QED) is 0.615. The van der Waals surface area contributed by atoms with Crippen LogP contribution < -0.4 is 10.1 Å². The SMILES string of the molecule is O=C(COC(=O)c1ccc(Cl)cc1)Nc1ccc(Oc2ccccc2)cc1. The Labute approximate surface area is 161 Å². The molecule has 0 fully saturated rings. The topological polar surface area (TPSA) is 64.6 Å². The van der Waals surface area contributed by atoms with Crippen LogP contribution in [0.2, 0.25) is 5.02 Å². The van der Waals surface area contributed by atoms with E-state index in [0.29, 0.717) is 22.0 Å². The lowest BCUT2D eigenvalue weighted by molar-refractivity contribution is -0.119. The zero-order valence-electron chi connectivity index (χ0n) is 14.2. The second-order valence-corrected chi connectivity index (χ2v) is 6.01. The highest BCUT2D eigenvalue weighted by molar-refractivity contribution is 6.30. The third kappa shape index (κ3) is 5.59. The lowest BCUT2D eigenvalue weighted by Crippen LogP contribution is -2.20. The minimum absolute atomic E-state index is 0.328. The Balaban J connectivity index is 1.49. The zero-order valence-corrected chi connectivity index (χ0v) is 15.0. The number of hydrogen-bond acceptors (Lipinski definition) is 4. The number of hydrogen-bond donors (Lipinski definition) is 1. The number of benzene rings is 3. The van der Waals surface area contributed by atoms with Gasteiger partial charge in [0, 0.05) is 10.7 Å². The molecule has 3 aromatic rings.